The molecule has 33 heavy (non-hydrogen) atoms. The number of thiazole rings is 1. The number of hydrogen-bond acceptors (Lipinski definition) is 8. The number of benzene rings is 1. The maximum atomic E-state index is 13.1. The molecule has 2 aromatic heterocycles. The van der Waals surface area contributed by atoms with Crippen LogP contribution in [-0.2, 0) is 16.0 Å². The number of aromatic nitrogens is 1. The van der Waals surface area contributed by atoms with Crippen molar-refractivity contribution < 1.29 is 23.5 Å². The lowest BCUT2D eigenvalue weighted by Crippen LogP contribution is -2.36. The molecule has 176 valence electrons. The van der Waals surface area contributed by atoms with Gasteiger partial charge in [0.25, 0.3) is 0 Å². The van der Waals surface area contributed by atoms with Crippen LogP contribution in [0.15, 0.2) is 33.0 Å². The van der Waals surface area contributed by atoms with Crippen LogP contribution in [0.3, 0.4) is 0 Å². The summed E-state index contributed by atoms with van der Waals surface area (Å²) in [6.07, 6.45) is 3.06. The average molecular weight is 473 g/mol. The molecule has 1 amide bonds. The third-order valence-electron chi connectivity index (χ3n) is 4.65. The quantitative estimate of drug-likeness (QED) is 0.381. The Morgan fingerprint density at radius 2 is 2.00 bits per heavy atom. The zero-order valence-electron chi connectivity index (χ0n) is 19.4. The molecular formula is C24H28N2O6S. The smallest absolute Gasteiger partial charge is 0.408 e. The summed E-state index contributed by atoms with van der Waals surface area (Å²) in [4.78, 5) is 41.7. The van der Waals surface area contributed by atoms with Crippen molar-refractivity contribution in [2.75, 3.05) is 6.54 Å². The lowest BCUT2D eigenvalue weighted by molar-refractivity contribution is -0.133. The van der Waals surface area contributed by atoms with E-state index >= 15 is 0 Å². The second kappa shape index (κ2) is 10.2. The fourth-order valence-electron chi connectivity index (χ4n) is 3.14. The highest BCUT2D eigenvalue weighted by Gasteiger charge is 2.19. The van der Waals surface area contributed by atoms with Crippen LogP contribution in [0, 0.1) is 6.92 Å². The predicted octanol–water partition coefficient (Wildman–Crippen LogP) is 5.00. The predicted molar refractivity (Wildman–Crippen MR) is 127 cm³/mol. The number of hydrogen-bond donors (Lipinski definition) is 1. The summed E-state index contributed by atoms with van der Waals surface area (Å²) in [5.74, 6) is -0.359. The number of unbranched alkanes of at least 4 members (excludes halogenated alkanes) is 1. The molecule has 0 unspecified atom stereocenters. The monoisotopic (exact) mass is 472 g/mol. The lowest BCUT2D eigenvalue weighted by Gasteiger charge is -2.19. The molecule has 0 bridgehead atoms. The molecule has 3 rings (SSSR count). The second-order valence-corrected chi connectivity index (χ2v) is 9.68. The summed E-state index contributed by atoms with van der Waals surface area (Å²) in [7, 11) is 0. The maximum Gasteiger partial charge on any atom is 0.408 e. The second-order valence-electron chi connectivity index (χ2n) is 8.62. The van der Waals surface area contributed by atoms with E-state index in [1.165, 1.54) is 17.6 Å². The van der Waals surface area contributed by atoms with E-state index in [0.29, 0.717) is 40.0 Å². The van der Waals surface area contributed by atoms with Gasteiger partial charge in [-0.2, -0.15) is 0 Å². The van der Waals surface area contributed by atoms with Gasteiger partial charge >= 0.3 is 12.1 Å². The van der Waals surface area contributed by atoms with E-state index in [1.54, 1.807) is 32.9 Å². The highest BCUT2D eigenvalue weighted by atomic mass is 32.1. The van der Waals surface area contributed by atoms with Gasteiger partial charge in [0.2, 0.25) is 5.43 Å². The van der Waals surface area contributed by atoms with Gasteiger partial charge in [0.05, 0.1) is 21.7 Å². The Morgan fingerprint density at radius 1 is 1.24 bits per heavy atom. The normalized spacial score (nSPS) is 11.4. The van der Waals surface area contributed by atoms with Crippen LogP contribution in [0.5, 0.6) is 5.75 Å². The van der Waals surface area contributed by atoms with Gasteiger partial charge in [-0.25, -0.2) is 14.6 Å². The van der Waals surface area contributed by atoms with E-state index in [2.05, 4.69) is 17.2 Å². The Labute approximate surface area is 195 Å². The summed E-state index contributed by atoms with van der Waals surface area (Å²) in [6, 6.07) is 3.26. The van der Waals surface area contributed by atoms with Crippen LogP contribution in [0.4, 0.5) is 4.79 Å². The molecule has 1 N–H and O–H groups in total. The van der Waals surface area contributed by atoms with E-state index in [-0.39, 0.29) is 12.0 Å². The molecule has 0 spiro atoms. The summed E-state index contributed by atoms with van der Waals surface area (Å²) < 4.78 is 16.3. The molecule has 2 heterocycles. The SMILES string of the molecule is CCCCc1cc2c(=O)c(-c3csc(C)n3)coc2cc1OC(=O)CNC(=O)OC(C)(C)C. The van der Waals surface area contributed by atoms with Gasteiger partial charge in [0, 0.05) is 11.4 Å². The summed E-state index contributed by atoms with van der Waals surface area (Å²) in [5.41, 5.74) is 1.12. The number of amides is 1. The number of ether oxygens (including phenoxy) is 2. The third-order valence-corrected chi connectivity index (χ3v) is 5.42. The summed E-state index contributed by atoms with van der Waals surface area (Å²) in [5, 5.41) is 5.46. The molecule has 0 atom stereocenters. The third kappa shape index (κ3) is 6.41. The van der Waals surface area contributed by atoms with Gasteiger partial charge in [-0.3, -0.25) is 4.79 Å². The molecule has 0 saturated heterocycles. The van der Waals surface area contributed by atoms with Gasteiger partial charge in [-0.15, -0.1) is 11.3 Å². The highest BCUT2D eigenvalue weighted by Crippen LogP contribution is 2.28. The highest BCUT2D eigenvalue weighted by molar-refractivity contribution is 7.09. The lowest BCUT2D eigenvalue weighted by atomic mass is 10.0. The van der Waals surface area contributed by atoms with Crippen molar-refractivity contribution in [3.05, 3.63) is 44.6 Å². The van der Waals surface area contributed by atoms with E-state index in [9.17, 15) is 14.4 Å². The first-order valence-electron chi connectivity index (χ1n) is 10.8. The van der Waals surface area contributed by atoms with Crippen molar-refractivity contribution >= 4 is 34.4 Å². The average Bonchev–Trinajstić information content (AvgIpc) is 3.16. The minimum Gasteiger partial charge on any atom is -0.463 e. The Kier molecular flexibility index (Phi) is 7.53. The number of esters is 1. The van der Waals surface area contributed by atoms with Crippen molar-refractivity contribution in [2.45, 2.75) is 59.5 Å². The van der Waals surface area contributed by atoms with Crippen LogP contribution in [0.25, 0.3) is 22.2 Å². The minimum absolute atomic E-state index is 0.191. The molecule has 0 saturated carbocycles. The largest absolute Gasteiger partial charge is 0.463 e. The van der Waals surface area contributed by atoms with Gasteiger partial charge in [0.15, 0.2) is 0 Å². The van der Waals surface area contributed by atoms with Crippen LogP contribution in [0.1, 0.15) is 51.1 Å². The standard InChI is InChI=1S/C24H28N2O6S/c1-6-7-8-15-9-16-20(30-12-17(22(16)28)18-13-33-14(2)26-18)10-19(15)31-21(27)11-25-23(29)32-24(3,4)5/h9-10,12-13H,6-8,11H2,1-5H3,(H,25,29). The Balaban J connectivity index is 1.87. The summed E-state index contributed by atoms with van der Waals surface area (Å²) >= 11 is 1.46. The molecule has 0 aliphatic carbocycles. The number of nitrogens with one attached hydrogen (secondary N) is 1. The number of nitrogens with zero attached hydrogens (tertiary/aromatic N) is 1. The van der Waals surface area contributed by atoms with E-state index in [0.717, 1.165) is 17.8 Å². The number of carbonyl (C=O) groups is 2. The number of carbonyl (C=O) groups excluding carboxylic acids is 2. The van der Waals surface area contributed by atoms with Crippen molar-refractivity contribution in [2.24, 2.45) is 0 Å². The Morgan fingerprint density at radius 3 is 2.64 bits per heavy atom. The van der Waals surface area contributed by atoms with Gasteiger partial charge in [-0.1, -0.05) is 13.3 Å². The van der Waals surface area contributed by atoms with Crippen molar-refractivity contribution in [1.29, 1.82) is 0 Å². The first kappa shape index (κ1) is 24.4. The zero-order valence-corrected chi connectivity index (χ0v) is 20.3. The molecule has 0 radical (unpaired) electrons. The number of alkyl carbamates (subject to hydrolysis) is 1. The number of fused-ring (bicyclic) bond motifs is 1. The number of rotatable bonds is 7. The molecule has 0 fully saturated rings. The van der Waals surface area contributed by atoms with E-state index in [1.807, 2.05) is 12.3 Å². The van der Waals surface area contributed by atoms with Crippen LogP contribution >= 0.6 is 11.3 Å². The van der Waals surface area contributed by atoms with Crippen molar-refractivity contribution in [3.8, 4) is 17.0 Å². The first-order valence-corrected chi connectivity index (χ1v) is 11.6. The molecule has 0 aliphatic rings. The Bertz CT molecular complexity index is 1220. The van der Waals surface area contributed by atoms with Crippen LogP contribution in [-0.4, -0.2) is 29.2 Å². The Hall–Kier alpha value is -3.20. The zero-order chi connectivity index (χ0) is 24.2. The first-order chi connectivity index (χ1) is 15.6. The fourth-order valence-corrected chi connectivity index (χ4v) is 3.75. The molecule has 1 aromatic carbocycles. The van der Waals surface area contributed by atoms with Gasteiger partial charge in [0.1, 0.15) is 29.7 Å². The topological polar surface area (TPSA) is 108 Å². The van der Waals surface area contributed by atoms with Gasteiger partial charge in [-0.05, 0) is 52.2 Å². The van der Waals surface area contributed by atoms with Crippen LogP contribution in [0.2, 0.25) is 0 Å². The fraction of sp³-hybridized carbons (Fsp3) is 0.417. The molecule has 8 nitrogen and oxygen atoms in total. The van der Waals surface area contributed by atoms with E-state index < -0.39 is 17.7 Å². The van der Waals surface area contributed by atoms with Crippen LogP contribution < -0.4 is 15.5 Å². The molecule has 9 heteroatoms. The molecular weight excluding hydrogens is 444 g/mol. The molecule has 0 aliphatic heterocycles. The molecule has 3 aromatic rings. The maximum absolute atomic E-state index is 13.1. The van der Waals surface area contributed by atoms with Crippen molar-refractivity contribution in [3.63, 3.8) is 0 Å². The number of aryl methyl sites for hydroxylation is 2. The van der Waals surface area contributed by atoms with Crippen molar-refractivity contribution in [1.82, 2.24) is 10.3 Å². The van der Waals surface area contributed by atoms with Gasteiger partial charge < -0.3 is 19.2 Å². The van der Waals surface area contributed by atoms with E-state index in [4.69, 9.17) is 13.9 Å². The summed E-state index contributed by atoms with van der Waals surface area (Å²) in [6.45, 7) is 8.76. The minimum atomic E-state index is -0.708.